The first-order valence-electron chi connectivity index (χ1n) is 17.3. The molecule has 1 aliphatic heterocycles. The van der Waals surface area contributed by atoms with E-state index in [0.717, 1.165) is 60.9 Å². The molecule has 0 bridgehead atoms. The normalized spacial score (nSPS) is 13.2. The van der Waals surface area contributed by atoms with Crippen LogP contribution < -0.4 is 19.5 Å². The minimum Gasteiger partial charge on any atom is -0.489 e. The number of aromatic amines is 2. The number of aromatic nitrogens is 2. The van der Waals surface area contributed by atoms with Crippen LogP contribution in [0, 0.1) is 0 Å². The van der Waals surface area contributed by atoms with Crippen LogP contribution in [0.2, 0.25) is 0 Å². The molecule has 3 heterocycles. The fraction of sp³-hybridized carbons (Fsp3) is 0.0889. The van der Waals surface area contributed by atoms with Gasteiger partial charge in [0.25, 0.3) is 0 Å². The van der Waals surface area contributed by atoms with Gasteiger partial charge in [-0.15, -0.1) is 0 Å². The molecule has 1 aliphatic rings. The Bertz CT molecular complexity index is 2400. The number of rotatable bonds is 11. The molecule has 0 saturated carbocycles. The molecule has 254 valence electrons. The first-order chi connectivity index (χ1) is 25.6. The number of carbonyl (C=O) groups excluding carboxylic acids is 1. The lowest BCUT2D eigenvalue weighted by atomic mass is 9.70. The van der Waals surface area contributed by atoms with Crippen molar-refractivity contribution >= 4 is 33.4 Å². The van der Waals surface area contributed by atoms with Crippen LogP contribution in [0.1, 0.15) is 33.4 Å². The second-order valence-electron chi connectivity index (χ2n) is 13.1. The standard InChI is InChI=1S/C45H35N3O4/c49-44-45(38-24-35(18-21-43(38)48-44)52-29-32-14-8-3-9-15-32,39-25-46-41-19-16-33(22-36(39)41)50-27-30-10-4-1-5-11-30)40-26-47-42-20-17-34(23-37(40)42)51-28-31-12-6-2-7-13-31/h1-26,46-47H,27-29H2,(H,48,49). The average Bonchev–Trinajstić information content (AvgIpc) is 3.90. The summed E-state index contributed by atoms with van der Waals surface area (Å²) < 4.78 is 18.9. The highest BCUT2D eigenvalue weighted by Gasteiger charge is 2.52. The van der Waals surface area contributed by atoms with E-state index in [1.54, 1.807) is 0 Å². The summed E-state index contributed by atoms with van der Waals surface area (Å²) in [5.74, 6) is 1.93. The molecule has 0 aliphatic carbocycles. The molecule has 0 saturated heterocycles. The van der Waals surface area contributed by atoms with Gasteiger partial charge >= 0.3 is 0 Å². The number of hydrogen-bond acceptors (Lipinski definition) is 4. The van der Waals surface area contributed by atoms with Crippen LogP contribution in [-0.2, 0) is 30.0 Å². The van der Waals surface area contributed by atoms with E-state index in [9.17, 15) is 4.79 Å². The minimum atomic E-state index is -1.26. The van der Waals surface area contributed by atoms with E-state index in [4.69, 9.17) is 14.2 Å². The van der Waals surface area contributed by atoms with Gasteiger partial charge in [0.05, 0.1) is 0 Å². The smallest absolute Gasteiger partial charge is 0.244 e. The molecule has 7 nitrogen and oxygen atoms in total. The number of benzene rings is 6. The molecule has 9 rings (SSSR count). The summed E-state index contributed by atoms with van der Waals surface area (Å²) in [7, 11) is 0. The number of amides is 1. The van der Waals surface area contributed by atoms with Gasteiger partial charge in [-0.2, -0.15) is 0 Å². The highest BCUT2D eigenvalue weighted by atomic mass is 16.5. The zero-order valence-electron chi connectivity index (χ0n) is 28.3. The van der Waals surface area contributed by atoms with Crippen LogP contribution in [0.3, 0.4) is 0 Å². The van der Waals surface area contributed by atoms with Crippen molar-refractivity contribution in [3.05, 3.63) is 191 Å². The molecular weight excluding hydrogens is 647 g/mol. The Hall–Kier alpha value is -6.73. The Labute approximate surface area is 300 Å². The van der Waals surface area contributed by atoms with Gasteiger partial charge < -0.3 is 29.5 Å². The van der Waals surface area contributed by atoms with E-state index < -0.39 is 5.41 Å². The Morgan fingerprint density at radius 3 is 1.35 bits per heavy atom. The maximum atomic E-state index is 14.9. The highest BCUT2D eigenvalue weighted by Crippen LogP contribution is 2.52. The number of anilines is 1. The SMILES string of the molecule is O=C1Nc2ccc(OCc3ccccc3)cc2C1(c1c[nH]c2ccc(OCc3ccccc3)cc12)c1c[nH]c2ccc(OCc3ccccc3)cc12. The maximum Gasteiger partial charge on any atom is 0.244 e. The van der Waals surface area contributed by atoms with Gasteiger partial charge in [-0.05, 0) is 71.3 Å². The van der Waals surface area contributed by atoms with E-state index in [-0.39, 0.29) is 5.91 Å². The lowest BCUT2D eigenvalue weighted by Crippen LogP contribution is -2.36. The van der Waals surface area contributed by atoms with Gasteiger partial charge in [0.15, 0.2) is 0 Å². The first-order valence-corrected chi connectivity index (χ1v) is 17.3. The van der Waals surface area contributed by atoms with Crippen molar-refractivity contribution in [3.63, 3.8) is 0 Å². The van der Waals surface area contributed by atoms with Crippen molar-refractivity contribution < 1.29 is 19.0 Å². The van der Waals surface area contributed by atoms with Crippen molar-refractivity contribution in [2.24, 2.45) is 0 Å². The minimum absolute atomic E-state index is 0.157. The van der Waals surface area contributed by atoms with E-state index in [1.165, 1.54) is 0 Å². The summed E-state index contributed by atoms with van der Waals surface area (Å²) in [6.45, 7) is 1.26. The van der Waals surface area contributed by atoms with Crippen molar-refractivity contribution in [1.29, 1.82) is 0 Å². The maximum absolute atomic E-state index is 14.9. The third-order valence-corrected chi connectivity index (χ3v) is 9.84. The molecule has 6 aromatic carbocycles. The quantitative estimate of drug-likeness (QED) is 0.127. The lowest BCUT2D eigenvalue weighted by Gasteiger charge is -2.28. The molecule has 0 unspecified atom stereocenters. The molecule has 8 aromatic rings. The van der Waals surface area contributed by atoms with Crippen molar-refractivity contribution in [2.75, 3.05) is 5.32 Å². The molecule has 52 heavy (non-hydrogen) atoms. The monoisotopic (exact) mass is 681 g/mol. The molecule has 3 N–H and O–H groups in total. The number of fused-ring (bicyclic) bond motifs is 3. The lowest BCUT2D eigenvalue weighted by molar-refractivity contribution is -0.118. The fourth-order valence-electron chi connectivity index (χ4n) is 7.27. The highest BCUT2D eigenvalue weighted by molar-refractivity contribution is 6.15. The second kappa shape index (κ2) is 13.2. The number of nitrogens with one attached hydrogen (secondary N) is 3. The zero-order valence-corrected chi connectivity index (χ0v) is 28.3. The average molecular weight is 682 g/mol. The van der Waals surface area contributed by atoms with Gasteiger partial charge in [0.1, 0.15) is 42.5 Å². The Balaban J connectivity index is 1.18. The first kappa shape index (κ1) is 31.3. The molecule has 2 aromatic heterocycles. The summed E-state index contributed by atoms with van der Waals surface area (Å²) in [6, 6.07) is 48.0. The molecular formula is C45H35N3O4. The Kier molecular flexibility index (Phi) is 7.93. The van der Waals surface area contributed by atoms with Crippen molar-refractivity contribution in [1.82, 2.24) is 9.97 Å². The van der Waals surface area contributed by atoms with E-state index >= 15 is 0 Å². The predicted octanol–water partition coefficient (Wildman–Crippen LogP) is 9.67. The topological polar surface area (TPSA) is 88.4 Å². The van der Waals surface area contributed by atoms with E-state index in [2.05, 4.69) is 15.3 Å². The number of hydrogen-bond donors (Lipinski definition) is 3. The molecule has 0 fully saturated rings. The molecule has 0 radical (unpaired) electrons. The third kappa shape index (κ3) is 5.62. The van der Waals surface area contributed by atoms with Gasteiger partial charge in [-0.1, -0.05) is 91.0 Å². The predicted molar refractivity (Wildman–Crippen MR) is 204 cm³/mol. The summed E-state index contributed by atoms with van der Waals surface area (Å²) in [5, 5.41) is 5.00. The van der Waals surface area contributed by atoms with Crippen LogP contribution in [-0.4, -0.2) is 15.9 Å². The Morgan fingerprint density at radius 2 is 0.885 bits per heavy atom. The number of carbonyl (C=O) groups is 1. The summed E-state index contributed by atoms with van der Waals surface area (Å²) >= 11 is 0. The number of H-pyrrole nitrogens is 2. The summed E-state index contributed by atoms with van der Waals surface area (Å²) in [6.07, 6.45) is 3.90. The fourth-order valence-corrected chi connectivity index (χ4v) is 7.27. The molecule has 0 atom stereocenters. The van der Waals surface area contributed by atoms with Crippen LogP contribution >= 0.6 is 0 Å². The Morgan fingerprint density at radius 1 is 0.462 bits per heavy atom. The van der Waals surface area contributed by atoms with E-state index in [0.29, 0.717) is 37.1 Å². The summed E-state index contributed by atoms with van der Waals surface area (Å²) in [5.41, 5.74) is 6.88. The van der Waals surface area contributed by atoms with Gasteiger partial charge in [-0.25, -0.2) is 0 Å². The van der Waals surface area contributed by atoms with Gasteiger partial charge in [-0.3, -0.25) is 4.79 Å². The van der Waals surface area contributed by atoms with Crippen molar-refractivity contribution in [2.45, 2.75) is 25.2 Å². The molecule has 1 amide bonds. The van der Waals surface area contributed by atoms with E-state index in [1.807, 2.05) is 158 Å². The largest absolute Gasteiger partial charge is 0.489 e. The van der Waals surface area contributed by atoms with Crippen LogP contribution in [0.15, 0.2) is 158 Å². The summed E-state index contributed by atoms with van der Waals surface area (Å²) in [4.78, 5) is 21.8. The molecule has 0 spiro atoms. The van der Waals surface area contributed by atoms with Crippen LogP contribution in [0.25, 0.3) is 21.8 Å². The van der Waals surface area contributed by atoms with Gasteiger partial charge in [0, 0.05) is 56.6 Å². The van der Waals surface area contributed by atoms with Crippen LogP contribution in [0.4, 0.5) is 5.69 Å². The zero-order chi connectivity index (χ0) is 34.9. The number of ether oxygens (including phenoxy) is 3. The van der Waals surface area contributed by atoms with Gasteiger partial charge in [0.2, 0.25) is 5.91 Å². The third-order valence-electron chi connectivity index (χ3n) is 9.84. The molecule has 7 heteroatoms. The van der Waals surface area contributed by atoms with Crippen molar-refractivity contribution in [3.8, 4) is 17.2 Å². The second-order valence-corrected chi connectivity index (χ2v) is 13.1. The van der Waals surface area contributed by atoms with Crippen LogP contribution in [0.5, 0.6) is 17.2 Å².